The summed E-state index contributed by atoms with van der Waals surface area (Å²) < 4.78 is 3.48. The van der Waals surface area contributed by atoms with Crippen molar-refractivity contribution in [3.63, 3.8) is 0 Å². The van der Waals surface area contributed by atoms with E-state index in [4.69, 9.17) is 5.73 Å². The molecule has 96 valence electrons. The predicted molar refractivity (Wildman–Crippen MR) is 66.8 cm³/mol. The second kappa shape index (κ2) is 5.35. The first-order chi connectivity index (χ1) is 8.66. The van der Waals surface area contributed by atoms with Crippen molar-refractivity contribution in [3.05, 3.63) is 30.6 Å². The molecule has 0 fully saturated rings. The molecule has 2 aromatic rings. The second-order valence-electron chi connectivity index (χ2n) is 4.02. The molecular formula is C11H16N6O. The summed E-state index contributed by atoms with van der Waals surface area (Å²) in [7, 11) is 1.73. The van der Waals surface area contributed by atoms with Gasteiger partial charge >= 0.3 is 0 Å². The Bertz CT molecular complexity index is 516. The summed E-state index contributed by atoms with van der Waals surface area (Å²) in [5.74, 6) is -0.237. The van der Waals surface area contributed by atoms with Crippen molar-refractivity contribution < 1.29 is 4.79 Å². The fourth-order valence-electron chi connectivity index (χ4n) is 1.65. The third kappa shape index (κ3) is 2.88. The molecule has 7 heteroatoms. The van der Waals surface area contributed by atoms with E-state index in [1.54, 1.807) is 25.8 Å². The number of rotatable bonds is 5. The van der Waals surface area contributed by atoms with E-state index >= 15 is 0 Å². The Morgan fingerprint density at radius 2 is 2.39 bits per heavy atom. The summed E-state index contributed by atoms with van der Waals surface area (Å²) in [5.41, 5.74) is 6.34. The van der Waals surface area contributed by atoms with Crippen LogP contribution in [0.15, 0.2) is 24.9 Å². The molecule has 0 spiro atoms. The first-order valence-corrected chi connectivity index (χ1v) is 5.70. The molecular weight excluding hydrogens is 232 g/mol. The van der Waals surface area contributed by atoms with Gasteiger partial charge in [-0.25, -0.2) is 4.98 Å². The van der Waals surface area contributed by atoms with E-state index in [1.807, 2.05) is 10.8 Å². The lowest BCUT2D eigenvalue weighted by Crippen LogP contribution is -2.26. The van der Waals surface area contributed by atoms with Crippen molar-refractivity contribution in [2.24, 2.45) is 7.05 Å². The highest BCUT2D eigenvalue weighted by molar-refractivity contribution is 5.96. The maximum absolute atomic E-state index is 11.8. The Morgan fingerprint density at radius 1 is 1.56 bits per heavy atom. The van der Waals surface area contributed by atoms with Gasteiger partial charge in [0.25, 0.3) is 5.91 Å². The van der Waals surface area contributed by atoms with Gasteiger partial charge in [0.1, 0.15) is 0 Å². The normalized spacial score (nSPS) is 10.5. The van der Waals surface area contributed by atoms with Crippen LogP contribution in [0.1, 0.15) is 16.9 Å². The van der Waals surface area contributed by atoms with E-state index in [0.717, 1.165) is 13.0 Å². The first kappa shape index (κ1) is 12.2. The van der Waals surface area contributed by atoms with Crippen LogP contribution in [0.3, 0.4) is 0 Å². The molecule has 3 N–H and O–H groups in total. The topological polar surface area (TPSA) is 90.8 Å². The average molecular weight is 248 g/mol. The zero-order valence-electron chi connectivity index (χ0n) is 10.2. The molecule has 2 rings (SSSR count). The number of nitrogen functional groups attached to an aromatic ring is 1. The van der Waals surface area contributed by atoms with E-state index < -0.39 is 0 Å². The van der Waals surface area contributed by atoms with Gasteiger partial charge in [0.2, 0.25) is 0 Å². The highest BCUT2D eigenvalue weighted by atomic mass is 16.1. The summed E-state index contributed by atoms with van der Waals surface area (Å²) in [6.07, 6.45) is 7.81. The molecule has 18 heavy (non-hydrogen) atoms. The zero-order chi connectivity index (χ0) is 13.0. The highest BCUT2D eigenvalue weighted by Crippen LogP contribution is 2.07. The van der Waals surface area contributed by atoms with Crippen molar-refractivity contribution in [2.45, 2.75) is 13.0 Å². The molecule has 0 bridgehead atoms. The average Bonchev–Trinajstić information content (AvgIpc) is 2.94. The maximum Gasteiger partial charge on any atom is 0.273 e. The van der Waals surface area contributed by atoms with Crippen LogP contribution in [0, 0.1) is 0 Å². The SMILES string of the molecule is Cn1cc(N)c(C(=O)NCCCn2ccnc2)n1. The third-order valence-electron chi connectivity index (χ3n) is 2.51. The molecule has 0 aliphatic rings. The van der Waals surface area contributed by atoms with E-state index in [0.29, 0.717) is 12.2 Å². The molecule has 0 atom stereocenters. The lowest BCUT2D eigenvalue weighted by Gasteiger charge is -2.04. The van der Waals surface area contributed by atoms with Crippen molar-refractivity contribution in [3.8, 4) is 0 Å². The minimum atomic E-state index is -0.237. The number of aromatic nitrogens is 4. The third-order valence-corrected chi connectivity index (χ3v) is 2.51. The van der Waals surface area contributed by atoms with E-state index in [-0.39, 0.29) is 11.6 Å². The van der Waals surface area contributed by atoms with Gasteiger partial charge in [-0.05, 0) is 6.42 Å². The number of aryl methyl sites for hydroxylation is 2. The number of nitrogens with zero attached hydrogens (tertiary/aromatic N) is 4. The van der Waals surface area contributed by atoms with Crippen LogP contribution in [0.25, 0.3) is 0 Å². The Balaban J connectivity index is 1.77. The van der Waals surface area contributed by atoms with Gasteiger partial charge in [-0.1, -0.05) is 0 Å². The zero-order valence-corrected chi connectivity index (χ0v) is 10.2. The van der Waals surface area contributed by atoms with Crippen LogP contribution >= 0.6 is 0 Å². The minimum absolute atomic E-state index is 0.237. The van der Waals surface area contributed by atoms with Crippen molar-refractivity contribution in [1.29, 1.82) is 0 Å². The molecule has 0 saturated heterocycles. The summed E-state index contributed by atoms with van der Waals surface area (Å²) in [6, 6.07) is 0. The Morgan fingerprint density at radius 3 is 3.00 bits per heavy atom. The molecule has 2 aromatic heterocycles. The van der Waals surface area contributed by atoms with Gasteiger partial charge in [0, 0.05) is 38.7 Å². The van der Waals surface area contributed by atoms with Gasteiger partial charge in [-0.15, -0.1) is 0 Å². The standard InChI is InChI=1S/C11H16N6O/c1-16-7-9(12)10(15-16)11(18)14-3-2-5-17-6-4-13-8-17/h4,6-8H,2-3,5,12H2,1H3,(H,14,18). The molecule has 0 aliphatic carbocycles. The molecule has 2 heterocycles. The van der Waals surface area contributed by atoms with Gasteiger partial charge in [-0.3, -0.25) is 9.48 Å². The summed E-state index contributed by atoms with van der Waals surface area (Å²) in [4.78, 5) is 15.7. The predicted octanol–water partition coefficient (Wildman–Crippen LogP) is 0.0189. The molecule has 0 radical (unpaired) electrons. The van der Waals surface area contributed by atoms with Crippen LogP contribution < -0.4 is 11.1 Å². The Hall–Kier alpha value is -2.31. The number of nitrogens with one attached hydrogen (secondary N) is 1. The maximum atomic E-state index is 11.8. The monoisotopic (exact) mass is 248 g/mol. The van der Waals surface area contributed by atoms with Crippen molar-refractivity contribution in [1.82, 2.24) is 24.6 Å². The van der Waals surface area contributed by atoms with Crippen molar-refractivity contribution in [2.75, 3.05) is 12.3 Å². The quantitative estimate of drug-likeness (QED) is 0.730. The van der Waals surface area contributed by atoms with Gasteiger partial charge in [0.15, 0.2) is 5.69 Å². The Labute approximate surface area is 105 Å². The number of carbonyl (C=O) groups excluding carboxylic acids is 1. The second-order valence-corrected chi connectivity index (χ2v) is 4.02. The van der Waals surface area contributed by atoms with Crippen LogP contribution in [0.2, 0.25) is 0 Å². The van der Waals surface area contributed by atoms with E-state index in [1.165, 1.54) is 4.68 Å². The number of carbonyl (C=O) groups is 1. The van der Waals surface area contributed by atoms with Crippen molar-refractivity contribution >= 4 is 11.6 Å². The number of hydrogen-bond donors (Lipinski definition) is 2. The number of nitrogens with two attached hydrogens (primary N) is 1. The van der Waals surface area contributed by atoms with Gasteiger partial charge in [0.05, 0.1) is 12.0 Å². The fourth-order valence-corrected chi connectivity index (χ4v) is 1.65. The molecule has 0 saturated carbocycles. The number of anilines is 1. The smallest absolute Gasteiger partial charge is 0.273 e. The molecule has 7 nitrogen and oxygen atoms in total. The molecule has 0 unspecified atom stereocenters. The summed E-state index contributed by atoms with van der Waals surface area (Å²) >= 11 is 0. The summed E-state index contributed by atoms with van der Waals surface area (Å²) in [6.45, 7) is 1.39. The minimum Gasteiger partial charge on any atom is -0.396 e. The molecule has 0 aliphatic heterocycles. The number of hydrogen-bond acceptors (Lipinski definition) is 4. The van der Waals surface area contributed by atoms with Crippen LogP contribution in [-0.4, -0.2) is 31.8 Å². The fraction of sp³-hybridized carbons (Fsp3) is 0.364. The summed E-state index contributed by atoms with van der Waals surface area (Å²) in [5, 5.41) is 6.79. The van der Waals surface area contributed by atoms with E-state index in [9.17, 15) is 4.79 Å². The highest BCUT2D eigenvalue weighted by Gasteiger charge is 2.12. The molecule has 1 amide bonds. The van der Waals surface area contributed by atoms with E-state index in [2.05, 4.69) is 15.4 Å². The van der Waals surface area contributed by atoms with Crippen LogP contribution in [0.4, 0.5) is 5.69 Å². The first-order valence-electron chi connectivity index (χ1n) is 5.70. The largest absolute Gasteiger partial charge is 0.396 e. The number of amides is 1. The lowest BCUT2D eigenvalue weighted by molar-refractivity contribution is 0.0948. The van der Waals surface area contributed by atoms with Gasteiger partial charge in [-0.2, -0.15) is 5.10 Å². The Kier molecular flexibility index (Phi) is 3.61. The number of imidazole rings is 1. The lowest BCUT2D eigenvalue weighted by atomic mass is 10.3. The van der Waals surface area contributed by atoms with Crippen LogP contribution in [-0.2, 0) is 13.6 Å². The molecule has 0 aromatic carbocycles. The van der Waals surface area contributed by atoms with Crippen LogP contribution in [0.5, 0.6) is 0 Å². The van der Waals surface area contributed by atoms with Gasteiger partial charge < -0.3 is 15.6 Å².